The number of benzene rings is 1. The summed E-state index contributed by atoms with van der Waals surface area (Å²) in [6.45, 7) is 1.95. The molecule has 0 spiro atoms. The number of pyridine rings is 1. The molecule has 1 heterocycles. The van der Waals surface area contributed by atoms with Crippen molar-refractivity contribution in [2.75, 3.05) is 0 Å². The highest BCUT2D eigenvalue weighted by atomic mass is 19.1. The highest BCUT2D eigenvalue weighted by Crippen LogP contribution is 2.03. The van der Waals surface area contributed by atoms with Crippen LogP contribution in [-0.4, -0.2) is 11.6 Å². The van der Waals surface area contributed by atoms with E-state index in [4.69, 9.17) is 0 Å². The van der Waals surface area contributed by atoms with E-state index in [-0.39, 0.29) is 18.3 Å². The van der Waals surface area contributed by atoms with E-state index in [2.05, 4.69) is 10.5 Å². The van der Waals surface area contributed by atoms with E-state index >= 15 is 0 Å². The van der Waals surface area contributed by atoms with Crippen molar-refractivity contribution in [3.63, 3.8) is 0 Å². The summed E-state index contributed by atoms with van der Waals surface area (Å²) >= 11 is 0. The van der Waals surface area contributed by atoms with Gasteiger partial charge < -0.3 is 0 Å². The van der Waals surface area contributed by atoms with Gasteiger partial charge in [-0.2, -0.15) is 9.67 Å². The second kappa shape index (κ2) is 6.56. The Labute approximate surface area is 116 Å². The zero-order valence-electron chi connectivity index (χ0n) is 11.1. The molecule has 2 rings (SSSR count). The van der Waals surface area contributed by atoms with Crippen molar-refractivity contribution in [2.45, 2.75) is 13.5 Å². The number of carbonyl (C=O) groups excluding carboxylic acids is 1. The Bertz CT molecular complexity index is 609. The van der Waals surface area contributed by atoms with Gasteiger partial charge in [-0.15, -0.1) is 0 Å². The Kier molecular flexibility index (Phi) is 4.55. The molecule has 0 atom stereocenters. The second-order valence-corrected chi connectivity index (χ2v) is 4.29. The molecule has 0 bridgehead atoms. The minimum Gasteiger partial charge on any atom is -0.266 e. The largest absolute Gasteiger partial charge is 0.305 e. The molecule has 5 heteroatoms. The average molecular weight is 272 g/mol. The lowest BCUT2D eigenvalue weighted by atomic mass is 10.1. The van der Waals surface area contributed by atoms with Crippen LogP contribution < -0.4 is 9.99 Å². The van der Waals surface area contributed by atoms with Crippen molar-refractivity contribution in [2.24, 2.45) is 5.10 Å². The van der Waals surface area contributed by atoms with Gasteiger partial charge in [0.25, 0.3) is 0 Å². The number of hydrazone groups is 1. The van der Waals surface area contributed by atoms with E-state index in [0.29, 0.717) is 5.71 Å². The summed E-state index contributed by atoms with van der Waals surface area (Å²) < 4.78 is 14.5. The summed E-state index contributed by atoms with van der Waals surface area (Å²) in [5.74, 6) is -0.520. The number of hydrogen-bond donors (Lipinski definition) is 1. The number of hydrogen-bond acceptors (Lipinski definition) is 2. The van der Waals surface area contributed by atoms with Gasteiger partial charge in [0.1, 0.15) is 5.82 Å². The fourth-order valence-corrected chi connectivity index (χ4v) is 1.64. The van der Waals surface area contributed by atoms with Gasteiger partial charge in [0.2, 0.25) is 6.54 Å². The van der Waals surface area contributed by atoms with Crippen molar-refractivity contribution in [3.05, 3.63) is 66.2 Å². The van der Waals surface area contributed by atoms with Gasteiger partial charge in [0.05, 0.1) is 5.71 Å². The van der Waals surface area contributed by atoms with E-state index in [1.54, 1.807) is 36.0 Å². The minimum atomic E-state index is -0.300. The van der Waals surface area contributed by atoms with Crippen molar-refractivity contribution in [1.82, 2.24) is 5.43 Å². The normalized spacial score (nSPS) is 11.2. The van der Waals surface area contributed by atoms with E-state index in [1.165, 1.54) is 12.1 Å². The third kappa shape index (κ3) is 3.98. The average Bonchev–Trinajstić information content (AvgIpc) is 2.46. The minimum absolute atomic E-state index is 0.195. The zero-order valence-corrected chi connectivity index (χ0v) is 11.1. The molecule has 0 aliphatic heterocycles. The van der Waals surface area contributed by atoms with Gasteiger partial charge in [-0.3, -0.25) is 4.79 Å². The summed E-state index contributed by atoms with van der Waals surface area (Å²) in [7, 11) is 0. The fraction of sp³-hybridized carbons (Fsp3) is 0.133. The maximum absolute atomic E-state index is 12.8. The maximum Gasteiger partial charge on any atom is 0.305 e. The number of nitrogens with one attached hydrogen (secondary N) is 1. The Hall–Kier alpha value is -2.56. The molecule has 1 amide bonds. The second-order valence-electron chi connectivity index (χ2n) is 4.29. The molecule has 0 saturated heterocycles. The number of carbonyl (C=O) groups is 1. The summed E-state index contributed by atoms with van der Waals surface area (Å²) in [5.41, 5.74) is 3.86. The van der Waals surface area contributed by atoms with Crippen LogP contribution in [0.1, 0.15) is 12.5 Å². The number of amides is 1. The van der Waals surface area contributed by atoms with Crippen molar-refractivity contribution in [3.8, 4) is 0 Å². The van der Waals surface area contributed by atoms with E-state index < -0.39 is 0 Å². The van der Waals surface area contributed by atoms with Crippen LogP contribution >= 0.6 is 0 Å². The number of aromatic nitrogens is 1. The topological polar surface area (TPSA) is 45.3 Å². The first-order chi connectivity index (χ1) is 9.65. The molecule has 0 saturated carbocycles. The van der Waals surface area contributed by atoms with Crippen LogP contribution in [0, 0.1) is 5.82 Å². The lowest BCUT2D eigenvalue weighted by Crippen LogP contribution is -2.41. The highest BCUT2D eigenvalue weighted by molar-refractivity contribution is 5.99. The molecule has 1 N–H and O–H groups in total. The summed E-state index contributed by atoms with van der Waals surface area (Å²) in [5, 5.41) is 4.00. The molecule has 1 aromatic heterocycles. The summed E-state index contributed by atoms with van der Waals surface area (Å²) in [6.07, 6.45) is 3.60. The molecular weight excluding hydrogens is 257 g/mol. The van der Waals surface area contributed by atoms with E-state index in [9.17, 15) is 9.18 Å². The van der Waals surface area contributed by atoms with Gasteiger partial charge >= 0.3 is 5.91 Å². The van der Waals surface area contributed by atoms with Crippen LogP contribution in [-0.2, 0) is 11.3 Å². The third-order valence-corrected chi connectivity index (χ3v) is 2.71. The monoisotopic (exact) mass is 272 g/mol. The number of halogens is 1. The molecule has 0 radical (unpaired) electrons. The van der Waals surface area contributed by atoms with Crippen molar-refractivity contribution in [1.29, 1.82) is 0 Å². The molecule has 2 aromatic rings. The first-order valence-corrected chi connectivity index (χ1v) is 6.18. The smallest absolute Gasteiger partial charge is 0.266 e. The van der Waals surface area contributed by atoms with E-state index in [0.717, 1.165) is 5.56 Å². The van der Waals surface area contributed by atoms with Gasteiger partial charge in [0, 0.05) is 12.1 Å². The van der Waals surface area contributed by atoms with Crippen LogP contribution in [0.15, 0.2) is 60.0 Å². The standard InChI is InChI=1S/C15H14FN3O/c1-12(13-5-7-14(16)8-6-13)17-18-15(20)11-19-9-3-2-4-10-19/h2-10H,11H2,1H3/p+1/b17-12+. The molecule has 0 unspecified atom stereocenters. The Balaban J connectivity index is 1.95. The first kappa shape index (κ1) is 13.9. The quantitative estimate of drug-likeness (QED) is 0.513. The first-order valence-electron chi connectivity index (χ1n) is 6.18. The molecule has 102 valence electrons. The predicted molar refractivity (Wildman–Crippen MR) is 73.4 cm³/mol. The maximum atomic E-state index is 12.8. The van der Waals surface area contributed by atoms with Gasteiger partial charge in [-0.25, -0.2) is 9.82 Å². The number of nitrogens with zero attached hydrogens (tertiary/aromatic N) is 2. The lowest BCUT2D eigenvalue weighted by Gasteiger charge is -2.01. The molecule has 0 aliphatic carbocycles. The zero-order chi connectivity index (χ0) is 14.4. The van der Waals surface area contributed by atoms with Crippen LogP contribution in [0.2, 0.25) is 0 Å². The number of rotatable bonds is 4. The highest BCUT2D eigenvalue weighted by Gasteiger charge is 2.07. The molecule has 0 aliphatic rings. The Morgan fingerprint density at radius 3 is 2.50 bits per heavy atom. The van der Waals surface area contributed by atoms with Gasteiger partial charge in [-0.1, -0.05) is 18.2 Å². The fourth-order valence-electron chi connectivity index (χ4n) is 1.64. The van der Waals surface area contributed by atoms with Crippen LogP contribution in [0.25, 0.3) is 0 Å². The summed E-state index contributed by atoms with van der Waals surface area (Å²) in [4.78, 5) is 11.7. The van der Waals surface area contributed by atoms with Crippen molar-refractivity contribution >= 4 is 11.6 Å². The van der Waals surface area contributed by atoms with Gasteiger partial charge in [-0.05, 0) is 24.6 Å². The van der Waals surface area contributed by atoms with Crippen LogP contribution in [0.5, 0.6) is 0 Å². The Morgan fingerprint density at radius 2 is 1.85 bits per heavy atom. The lowest BCUT2D eigenvalue weighted by molar-refractivity contribution is -0.684. The SMILES string of the molecule is C/C(=N\NC(=O)C[n+]1ccccc1)c1ccc(F)cc1. The molecular formula is C15H15FN3O+. The van der Waals surface area contributed by atoms with Crippen LogP contribution in [0.3, 0.4) is 0 Å². The molecule has 0 fully saturated rings. The predicted octanol–water partition coefficient (Wildman–Crippen LogP) is 1.65. The third-order valence-electron chi connectivity index (χ3n) is 2.71. The Morgan fingerprint density at radius 1 is 1.20 bits per heavy atom. The van der Waals surface area contributed by atoms with Crippen LogP contribution in [0.4, 0.5) is 4.39 Å². The molecule has 4 nitrogen and oxygen atoms in total. The van der Waals surface area contributed by atoms with E-state index in [1.807, 2.05) is 18.2 Å². The van der Waals surface area contributed by atoms with Crippen molar-refractivity contribution < 1.29 is 13.8 Å². The molecule has 20 heavy (non-hydrogen) atoms. The van der Waals surface area contributed by atoms with Gasteiger partial charge in [0.15, 0.2) is 12.4 Å². The summed E-state index contributed by atoms with van der Waals surface area (Å²) in [6, 6.07) is 11.5. The molecule has 1 aromatic carbocycles.